The van der Waals surface area contributed by atoms with Crippen LogP contribution in [-0.4, -0.2) is 28.0 Å². The van der Waals surface area contributed by atoms with Gasteiger partial charge in [0.25, 0.3) is 0 Å². The summed E-state index contributed by atoms with van der Waals surface area (Å²) in [5.41, 5.74) is 1.28. The van der Waals surface area contributed by atoms with Gasteiger partial charge < -0.3 is 10.1 Å². The van der Waals surface area contributed by atoms with Gasteiger partial charge in [-0.15, -0.1) is 0 Å². The highest BCUT2D eigenvalue weighted by molar-refractivity contribution is 7.89. The second-order valence-electron chi connectivity index (χ2n) is 5.31. The molecule has 0 radical (unpaired) electrons. The number of rotatable bonds is 7. The summed E-state index contributed by atoms with van der Waals surface area (Å²) >= 11 is 6.02. The number of benzene rings is 2. The van der Waals surface area contributed by atoms with Gasteiger partial charge in [-0.3, -0.25) is 4.79 Å². The molecule has 1 amide bonds. The van der Waals surface area contributed by atoms with Crippen LogP contribution in [-0.2, 0) is 14.8 Å². The molecule has 0 aromatic heterocycles. The molecule has 25 heavy (non-hydrogen) atoms. The average molecular weight is 383 g/mol. The van der Waals surface area contributed by atoms with Crippen LogP contribution >= 0.6 is 11.6 Å². The van der Waals surface area contributed by atoms with Crippen LogP contribution in [0.3, 0.4) is 0 Å². The summed E-state index contributed by atoms with van der Waals surface area (Å²) in [5, 5.41) is 3.23. The number of nitrogens with one attached hydrogen (secondary N) is 2. The highest BCUT2D eigenvalue weighted by Crippen LogP contribution is 2.30. The lowest BCUT2D eigenvalue weighted by Gasteiger charge is -2.12. The molecule has 0 spiro atoms. The van der Waals surface area contributed by atoms with Crippen LogP contribution in [0.15, 0.2) is 47.4 Å². The van der Waals surface area contributed by atoms with E-state index in [2.05, 4.69) is 10.0 Å². The van der Waals surface area contributed by atoms with Gasteiger partial charge >= 0.3 is 0 Å². The number of aryl methyl sites for hydroxylation is 1. The summed E-state index contributed by atoms with van der Waals surface area (Å²) in [5.74, 6) is 0.101. The zero-order chi connectivity index (χ0) is 18.4. The Morgan fingerprint density at radius 1 is 1.20 bits per heavy atom. The molecule has 0 aliphatic carbocycles. The monoisotopic (exact) mass is 382 g/mol. The molecule has 2 aromatic rings. The smallest absolute Gasteiger partial charge is 0.240 e. The summed E-state index contributed by atoms with van der Waals surface area (Å²) in [6.07, 6.45) is -0.0170. The maximum Gasteiger partial charge on any atom is 0.240 e. The SMILES string of the molecule is COc1cc(Cl)c(C)cc1NC(=O)CCNS(=O)(=O)c1ccccc1. The van der Waals surface area contributed by atoms with Gasteiger partial charge in [-0.1, -0.05) is 29.8 Å². The standard InChI is InChI=1S/C17H19ClN2O4S/c1-12-10-15(16(24-2)11-14(12)18)20-17(21)8-9-19-25(22,23)13-6-4-3-5-7-13/h3-7,10-11,19H,8-9H2,1-2H3,(H,20,21). The van der Waals surface area contributed by atoms with E-state index in [1.807, 2.05) is 6.92 Å². The first-order chi connectivity index (χ1) is 11.8. The van der Waals surface area contributed by atoms with Crippen molar-refractivity contribution >= 4 is 33.2 Å². The van der Waals surface area contributed by atoms with E-state index in [-0.39, 0.29) is 23.8 Å². The maximum absolute atomic E-state index is 12.1. The van der Waals surface area contributed by atoms with Crippen molar-refractivity contribution in [2.24, 2.45) is 0 Å². The van der Waals surface area contributed by atoms with Gasteiger partial charge in [0.15, 0.2) is 0 Å². The molecule has 0 fully saturated rings. The Kier molecular flexibility index (Phi) is 6.41. The van der Waals surface area contributed by atoms with Crippen LogP contribution in [0.5, 0.6) is 5.75 Å². The summed E-state index contributed by atoms with van der Waals surface area (Å²) in [6.45, 7) is 1.80. The van der Waals surface area contributed by atoms with E-state index in [1.54, 1.807) is 30.3 Å². The van der Waals surface area contributed by atoms with Crippen molar-refractivity contribution in [3.05, 3.63) is 53.1 Å². The van der Waals surface area contributed by atoms with Crippen molar-refractivity contribution in [1.82, 2.24) is 4.72 Å². The van der Waals surface area contributed by atoms with E-state index in [1.165, 1.54) is 19.2 Å². The minimum Gasteiger partial charge on any atom is -0.495 e. The Morgan fingerprint density at radius 3 is 2.52 bits per heavy atom. The number of hydrogen-bond acceptors (Lipinski definition) is 4. The lowest BCUT2D eigenvalue weighted by Crippen LogP contribution is -2.27. The Bertz CT molecular complexity index is 854. The summed E-state index contributed by atoms with van der Waals surface area (Å²) in [7, 11) is -2.15. The molecule has 0 atom stereocenters. The van der Waals surface area contributed by atoms with Gasteiger partial charge in [-0.05, 0) is 30.7 Å². The maximum atomic E-state index is 12.1. The van der Waals surface area contributed by atoms with Gasteiger partial charge in [0.05, 0.1) is 17.7 Å². The number of carbonyl (C=O) groups excluding carboxylic acids is 1. The lowest BCUT2D eigenvalue weighted by molar-refractivity contribution is -0.116. The van der Waals surface area contributed by atoms with Gasteiger partial charge in [0, 0.05) is 24.1 Å². The van der Waals surface area contributed by atoms with Crippen molar-refractivity contribution in [3.63, 3.8) is 0 Å². The molecular weight excluding hydrogens is 364 g/mol. The van der Waals surface area contributed by atoms with E-state index in [0.29, 0.717) is 16.5 Å². The third-order valence-corrected chi connectivity index (χ3v) is 5.34. The van der Waals surface area contributed by atoms with E-state index in [9.17, 15) is 13.2 Å². The second kappa shape index (κ2) is 8.33. The molecule has 0 saturated carbocycles. The van der Waals surface area contributed by atoms with Crippen LogP contribution in [0.1, 0.15) is 12.0 Å². The average Bonchev–Trinajstić information content (AvgIpc) is 2.58. The molecule has 6 nitrogen and oxygen atoms in total. The third kappa shape index (κ3) is 5.19. The van der Waals surface area contributed by atoms with Gasteiger partial charge in [0.2, 0.25) is 15.9 Å². The van der Waals surface area contributed by atoms with Crippen molar-refractivity contribution < 1.29 is 17.9 Å². The molecule has 0 heterocycles. The number of anilines is 1. The Hall–Kier alpha value is -2.09. The highest BCUT2D eigenvalue weighted by Gasteiger charge is 2.14. The predicted molar refractivity (Wildman–Crippen MR) is 97.6 cm³/mol. The first kappa shape index (κ1) is 19.2. The molecule has 0 aliphatic rings. The van der Waals surface area contributed by atoms with Gasteiger partial charge in [0.1, 0.15) is 5.75 Å². The van der Waals surface area contributed by atoms with E-state index in [4.69, 9.17) is 16.3 Å². The molecule has 0 bridgehead atoms. The summed E-state index contributed by atoms with van der Waals surface area (Å²) in [6, 6.07) is 11.3. The number of hydrogen-bond donors (Lipinski definition) is 2. The fraction of sp³-hybridized carbons (Fsp3) is 0.235. The van der Waals surface area contributed by atoms with Crippen molar-refractivity contribution in [2.45, 2.75) is 18.2 Å². The largest absolute Gasteiger partial charge is 0.495 e. The van der Waals surface area contributed by atoms with E-state index in [0.717, 1.165) is 5.56 Å². The Labute approximate surface area is 152 Å². The minimum atomic E-state index is -3.63. The molecule has 134 valence electrons. The van der Waals surface area contributed by atoms with Crippen molar-refractivity contribution in [1.29, 1.82) is 0 Å². The molecule has 0 aliphatic heterocycles. The van der Waals surface area contributed by atoms with Gasteiger partial charge in [-0.25, -0.2) is 13.1 Å². The number of amides is 1. The number of halogens is 1. The molecule has 0 saturated heterocycles. The number of ether oxygens (including phenoxy) is 1. The minimum absolute atomic E-state index is 0.0159. The summed E-state index contributed by atoms with van der Waals surface area (Å²) < 4.78 is 31.7. The first-order valence-corrected chi connectivity index (χ1v) is 9.38. The topological polar surface area (TPSA) is 84.5 Å². The van der Waals surface area contributed by atoms with E-state index < -0.39 is 10.0 Å². The molecule has 2 aromatic carbocycles. The number of carbonyl (C=O) groups is 1. The Balaban J connectivity index is 1.95. The van der Waals surface area contributed by atoms with Crippen molar-refractivity contribution in [2.75, 3.05) is 19.0 Å². The van der Waals surface area contributed by atoms with Crippen LogP contribution in [0.25, 0.3) is 0 Å². The highest BCUT2D eigenvalue weighted by atomic mass is 35.5. The van der Waals surface area contributed by atoms with Crippen LogP contribution in [0, 0.1) is 6.92 Å². The van der Waals surface area contributed by atoms with Gasteiger partial charge in [-0.2, -0.15) is 0 Å². The zero-order valence-corrected chi connectivity index (χ0v) is 15.4. The normalized spacial score (nSPS) is 11.2. The molecule has 0 unspecified atom stereocenters. The van der Waals surface area contributed by atoms with Crippen LogP contribution in [0.2, 0.25) is 5.02 Å². The van der Waals surface area contributed by atoms with E-state index >= 15 is 0 Å². The van der Waals surface area contributed by atoms with Crippen molar-refractivity contribution in [3.8, 4) is 5.75 Å². The number of sulfonamides is 1. The molecule has 2 N–H and O–H groups in total. The van der Waals surface area contributed by atoms with Crippen LogP contribution < -0.4 is 14.8 Å². The Morgan fingerprint density at radius 2 is 1.88 bits per heavy atom. The lowest BCUT2D eigenvalue weighted by atomic mass is 10.2. The molecule has 8 heteroatoms. The molecular formula is C17H19ClN2O4S. The fourth-order valence-electron chi connectivity index (χ4n) is 2.12. The number of methoxy groups -OCH3 is 1. The third-order valence-electron chi connectivity index (χ3n) is 3.45. The fourth-order valence-corrected chi connectivity index (χ4v) is 3.33. The predicted octanol–water partition coefficient (Wildman–Crippen LogP) is 2.96. The summed E-state index contributed by atoms with van der Waals surface area (Å²) in [4.78, 5) is 12.2. The van der Waals surface area contributed by atoms with Crippen LogP contribution in [0.4, 0.5) is 5.69 Å². The zero-order valence-electron chi connectivity index (χ0n) is 13.9. The molecule has 2 rings (SSSR count). The quantitative estimate of drug-likeness (QED) is 0.771. The first-order valence-electron chi connectivity index (χ1n) is 7.52. The second-order valence-corrected chi connectivity index (χ2v) is 7.48.